The lowest BCUT2D eigenvalue weighted by Gasteiger charge is -2.25. The number of amides is 1. The summed E-state index contributed by atoms with van der Waals surface area (Å²) >= 11 is 4.88. The first kappa shape index (κ1) is 13.5. The number of nitrogens with one attached hydrogen (secondary N) is 1. The Bertz CT molecular complexity index is 435. The van der Waals surface area contributed by atoms with Gasteiger partial charge in [0, 0.05) is 0 Å². The molecule has 4 nitrogen and oxygen atoms in total. The third-order valence-electron chi connectivity index (χ3n) is 2.72. The molecule has 0 bridgehead atoms. The van der Waals surface area contributed by atoms with E-state index in [9.17, 15) is 9.18 Å². The molecule has 0 saturated heterocycles. The first-order valence-electron chi connectivity index (χ1n) is 5.13. The van der Waals surface area contributed by atoms with Crippen LogP contribution in [-0.2, 0) is 4.79 Å². The van der Waals surface area contributed by atoms with E-state index in [4.69, 9.17) is 18.0 Å². The molecule has 1 atom stereocenters. The van der Waals surface area contributed by atoms with Crippen molar-refractivity contribution in [3.05, 3.63) is 24.1 Å². The summed E-state index contributed by atoms with van der Waals surface area (Å²) in [7, 11) is 0. The van der Waals surface area contributed by atoms with E-state index in [0.29, 0.717) is 6.42 Å². The molecule has 6 heteroatoms. The number of carbonyl (C=O) groups is 1. The number of rotatable bonds is 4. The zero-order chi connectivity index (χ0) is 13.1. The Morgan fingerprint density at radius 2 is 2.29 bits per heavy atom. The number of nitrogens with zero attached hydrogens (tertiary/aromatic N) is 1. The number of anilines is 1. The standard InChI is InChI=1S/C11H14FN3OS/c1-3-11(2,9(13)17)10(16)15-8-5-4-7(12)6-14-8/h4-6H,3H2,1-2H3,(H2,13,17)(H,14,15,16). The topological polar surface area (TPSA) is 68.0 Å². The zero-order valence-electron chi connectivity index (χ0n) is 9.66. The molecule has 0 fully saturated rings. The van der Waals surface area contributed by atoms with Gasteiger partial charge in [-0.1, -0.05) is 19.1 Å². The molecule has 0 saturated carbocycles. The van der Waals surface area contributed by atoms with Crippen LogP contribution in [0.3, 0.4) is 0 Å². The Balaban J connectivity index is 2.85. The highest BCUT2D eigenvalue weighted by Crippen LogP contribution is 2.23. The maximum atomic E-state index is 12.6. The normalized spacial score (nSPS) is 13.8. The number of carbonyl (C=O) groups excluding carboxylic acids is 1. The number of thiocarbonyl (C=S) groups is 1. The Morgan fingerprint density at radius 1 is 1.65 bits per heavy atom. The zero-order valence-corrected chi connectivity index (χ0v) is 10.5. The van der Waals surface area contributed by atoms with Gasteiger partial charge in [0.15, 0.2) is 0 Å². The monoisotopic (exact) mass is 255 g/mol. The lowest BCUT2D eigenvalue weighted by molar-refractivity contribution is -0.121. The number of nitrogens with two attached hydrogens (primary N) is 1. The molecule has 92 valence electrons. The summed E-state index contributed by atoms with van der Waals surface area (Å²) < 4.78 is 12.6. The maximum Gasteiger partial charge on any atom is 0.238 e. The van der Waals surface area contributed by atoms with Gasteiger partial charge in [-0.15, -0.1) is 0 Å². The first-order valence-corrected chi connectivity index (χ1v) is 5.54. The van der Waals surface area contributed by atoms with E-state index in [2.05, 4.69) is 10.3 Å². The molecule has 1 heterocycles. The van der Waals surface area contributed by atoms with E-state index in [-0.39, 0.29) is 16.7 Å². The van der Waals surface area contributed by atoms with Crippen LogP contribution in [0.15, 0.2) is 18.3 Å². The van der Waals surface area contributed by atoms with Crippen LogP contribution < -0.4 is 11.1 Å². The van der Waals surface area contributed by atoms with Crippen molar-refractivity contribution in [2.75, 3.05) is 5.32 Å². The van der Waals surface area contributed by atoms with Crippen LogP contribution in [0.5, 0.6) is 0 Å². The SMILES string of the molecule is CCC(C)(C(=O)Nc1ccc(F)cn1)C(N)=S. The van der Waals surface area contributed by atoms with Gasteiger partial charge in [0.1, 0.15) is 11.6 Å². The molecule has 1 aromatic heterocycles. The largest absolute Gasteiger partial charge is 0.392 e. The van der Waals surface area contributed by atoms with Gasteiger partial charge in [0.2, 0.25) is 5.91 Å². The Labute approximate surface area is 104 Å². The molecule has 1 unspecified atom stereocenters. The van der Waals surface area contributed by atoms with Crippen LogP contribution in [0.2, 0.25) is 0 Å². The van der Waals surface area contributed by atoms with Crippen LogP contribution in [0.25, 0.3) is 0 Å². The molecule has 0 aliphatic rings. The summed E-state index contributed by atoms with van der Waals surface area (Å²) in [6, 6.07) is 2.59. The second kappa shape index (κ2) is 5.18. The summed E-state index contributed by atoms with van der Waals surface area (Å²) in [5, 5.41) is 2.56. The number of aromatic nitrogens is 1. The van der Waals surface area contributed by atoms with Gasteiger partial charge in [0.25, 0.3) is 0 Å². The van der Waals surface area contributed by atoms with Crippen LogP contribution in [-0.4, -0.2) is 15.9 Å². The first-order chi connectivity index (χ1) is 7.90. The average molecular weight is 255 g/mol. The van der Waals surface area contributed by atoms with Gasteiger partial charge in [0.05, 0.1) is 16.6 Å². The van der Waals surface area contributed by atoms with Crippen molar-refractivity contribution in [2.45, 2.75) is 20.3 Å². The lowest BCUT2D eigenvalue weighted by atomic mass is 9.86. The summed E-state index contributed by atoms with van der Waals surface area (Å²) in [6.07, 6.45) is 1.51. The van der Waals surface area contributed by atoms with Crippen molar-refractivity contribution in [3.63, 3.8) is 0 Å². The number of hydrogen-bond acceptors (Lipinski definition) is 3. The molecule has 0 aromatic carbocycles. The van der Waals surface area contributed by atoms with Crippen molar-refractivity contribution in [2.24, 2.45) is 11.1 Å². The van der Waals surface area contributed by atoms with E-state index in [1.807, 2.05) is 6.92 Å². The van der Waals surface area contributed by atoms with Crippen molar-refractivity contribution in [1.82, 2.24) is 4.98 Å². The molecule has 1 amide bonds. The molecule has 1 rings (SSSR count). The van der Waals surface area contributed by atoms with Gasteiger partial charge in [-0.05, 0) is 25.5 Å². The summed E-state index contributed by atoms with van der Waals surface area (Å²) in [4.78, 5) is 15.8. The highest BCUT2D eigenvalue weighted by Gasteiger charge is 2.34. The Hall–Kier alpha value is -1.56. The van der Waals surface area contributed by atoms with E-state index in [1.165, 1.54) is 12.1 Å². The van der Waals surface area contributed by atoms with Crippen molar-refractivity contribution in [3.8, 4) is 0 Å². The fourth-order valence-electron chi connectivity index (χ4n) is 1.15. The van der Waals surface area contributed by atoms with Crippen LogP contribution in [0.1, 0.15) is 20.3 Å². The summed E-state index contributed by atoms with van der Waals surface area (Å²) in [5.41, 5.74) is 4.63. The quantitative estimate of drug-likeness (QED) is 0.806. The van der Waals surface area contributed by atoms with E-state index < -0.39 is 11.2 Å². The second-order valence-electron chi connectivity index (χ2n) is 3.87. The molecular formula is C11H14FN3OS. The van der Waals surface area contributed by atoms with Gasteiger partial charge in [-0.25, -0.2) is 9.37 Å². The van der Waals surface area contributed by atoms with Gasteiger partial charge < -0.3 is 11.1 Å². The maximum absolute atomic E-state index is 12.6. The highest BCUT2D eigenvalue weighted by atomic mass is 32.1. The summed E-state index contributed by atoms with van der Waals surface area (Å²) in [6.45, 7) is 3.48. The molecule has 0 aliphatic carbocycles. The third kappa shape index (κ3) is 2.97. The Morgan fingerprint density at radius 3 is 2.71 bits per heavy atom. The van der Waals surface area contributed by atoms with Gasteiger partial charge in [-0.3, -0.25) is 4.79 Å². The van der Waals surface area contributed by atoms with Gasteiger partial charge >= 0.3 is 0 Å². The molecule has 3 N–H and O–H groups in total. The fourth-order valence-corrected chi connectivity index (χ4v) is 1.39. The van der Waals surface area contributed by atoms with Crippen molar-refractivity contribution in [1.29, 1.82) is 0 Å². The smallest absolute Gasteiger partial charge is 0.238 e. The van der Waals surface area contributed by atoms with E-state index >= 15 is 0 Å². The molecule has 0 aliphatic heterocycles. The molecule has 0 spiro atoms. The predicted octanol–water partition coefficient (Wildman–Crippen LogP) is 1.86. The molecule has 17 heavy (non-hydrogen) atoms. The van der Waals surface area contributed by atoms with E-state index in [0.717, 1.165) is 6.20 Å². The predicted molar refractivity (Wildman–Crippen MR) is 68.0 cm³/mol. The van der Waals surface area contributed by atoms with E-state index in [1.54, 1.807) is 6.92 Å². The average Bonchev–Trinajstić information content (AvgIpc) is 2.30. The number of hydrogen-bond donors (Lipinski definition) is 2. The minimum absolute atomic E-state index is 0.125. The van der Waals surface area contributed by atoms with Crippen molar-refractivity contribution >= 4 is 28.9 Å². The van der Waals surface area contributed by atoms with Crippen LogP contribution in [0.4, 0.5) is 10.2 Å². The lowest BCUT2D eigenvalue weighted by Crippen LogP contribution is -2.43. The van der Waals surface area contributed by atoms with Crippen LogP contribution in [0, 0.1) is 11.2 Å². The minimum Gasteiger partial charge on any atom is -0.392 e. The Kier molecular flexibility index (Phi) is 4.11. The molecule has 1 aromatic rings. The fraction of sp³-hybridized carbons (Fsp3) is 0.364. The third-order valence-corrected chi connectivity index (χ3v) is 3.17. The molecule has 0 radical (unpaired) electrons. The minimum atomic E-state index is -0.925. The number of pyridine rings is 1. The summed E-state index contributed by atoms with van der Waals surface area (Å²) in [5.74, 6) is -0.533. The number of halogens is 1. The molecular weight excluding hydrogens is 241 g/mol. The van der Waals surface area contributed by atoms with Crippen molar-refractivity contribution < 1.29 is 9.18 Å². The highest BCUT2D eigenvalue weighted by molar-refractivity contribution is 7.80. The second-order valence-corrected chi connectivity index (χ2v) is 4.31. The van der Waals surface area contributed by atoms with Crippen LogP contribution >= 0.6 is 12.2 Å². The van der Waals surface area contributed by atoms with Gasteiger partial charge in [-0.2, -0.15) is 0 Å².